The molecule has 0 bridgehead atoms. The third-order valence-electron chi connectivity index (χ3n) is 4.78. The van der Waals surface area contributed by atoms with Crippen LogP contribution in [0.15, 0.2) is 54.6 Å². The Morgan fingerprint density at radius 2 is 1.58 bits per heavy atom. The summed E-state index contributed by atoms with van der Waals surface area (Å²) in [5.74, 6) is -0.287. The monoisotopic (exact) mass is 430 g/mol. The van der Waals surface area contributed by atoms with E-state index in [1.54, 1.807) is 24.3 Å². The molecule has 0 aliphatic rings. The minimum absolute atomic E-state index is 0.0152. The third kappa shape index (κ3) is 9.19. The third-order valence-corrected chi connectivity index (χ3v) is 4.78. The van der Waals surface area contributed by atoms with Crippen molar-refractivity contribution >= 4 is 12.1 Å². The molecule has 0 radical (unpaired) electrons. The van der Waals surface area contributed by atoms with Gasteiger partial charge in [0.2, 0.25) is 0 Å². The summed E-state index contributed by atoms with van der Waals surface area (Å²) >= 11 is 0. The van der Waals surface area contributed by atoms with Gasteiger partial charge in [0.15, 0.2) is 0 Å². The molecule has 0 N–H and O–H groups in total. The number of carbonyl (C=O) groups excluding carboxylic acids is 2. The summed E-state index contributed by atoms with van der Waals surface area (Å²) in [7, 11) is 0. The molecule has 2 aromatic rings. The van der Waals surface area contributed by atoms with Crippen molar-refractivity contribution in [1.29, 1.82) is 0 Å². The van der Waals surface area contributed by atoms with Gasteiger partial charge in [-0.05, 0) is 35.6 Å². The van der Waals surface area contributed by atoms with Gasteiger partial charge in [-0.3, -0.25) is 4.89 Å². The number of unbranched alkanes of at least 4 members (excludes halogenated alkanes) is 1. The van der Waals surface area contributed by atoms with Crippen LogP contribution in [-0.2, 0) is 24.3 Å². The molecule has 0 aliphatic carbocycles. The van der Waals surface area contributed by atoms with Crippen molar-refractivity contribution in [2.75, 3.05) is 19.8 Å². The van der Waals surface area contributed by atoms with E-state index in [1.807, 2.05) is 30.3 Å². The summed E-state index contributed by atoms with van der Waals surface area (Å²) < 4.78 is 10.3. The van der Waals surface area contributed by atoms with Crippen LogP contribution in [0.1, 0.15) is 49.9 Å². The zero-order chi connectivity index (χ0) is 22.3. The van der Waals surface area contributed by atoms with Gasteiger partial charge in [0, 0.05) is 6.61 Å². The van der Waals surface area contributed by atoms with Gasteiger partial charge < -0.3 is 9.47 Å². The summed E-state index contributed by atoms with van der Waals surface area (Å²) in [4.78, 5) is 32.1. The van der Waals surface area contributed by atoms with E-state index >= 15 is 0 Å². The number of hydrogen-bond acceptors (Lipinski definition) is 7. The fourth-order valence-corrected chi connectivity index (χ4v) is 2.91. The lowest BCUT2D eigenvalue weighted by Crippen LogP contribution is -2.16. The van der Waals surface area contributed by atoms with Gasteiger partial charge in [-0.15, -0.1) is 0 Å². The molecular formula is C24H30O7. The first-order valence-electron chi connectivity index (χ1n) is 10.6. The van der Waals surface area contributed by atoms with Crippen LogP contribution in [0.3, 0.4) is 0 Å². The summed E-state index contributed by atoms with van der Waals surface area (Å²) in [5.41, 5.74) is 2.23. The molecule has 31 heavy (non-hydrogen) atoms. The van der Waals surface area contributed by atoms with Crippen LogP contribution in [0, 0.1) is 5.92 Å². The van der Waals surface area contributed by atoms with Crippen LogP contribution < -0.4 is 0 Å². The Hall–Kier alpha value is -2.90. The van der Waals surface area contributed by atoms with Crippen LogP contribution in [0.2, 0.25) is 0 Å². The van der Waals surface area contributed by atoms with E-state index in [4.69, 9.17) is 9.47 Å². The fourth-order valence-electron chi connectivity index (χ4n) is 2.91. The Morgan fingerprint density at radius 3 is 2.26 bits per heavy atom. The minimum atomic E-state index is -1.12. The van der Waals surface area contributed by atoms with Crippen LogP contribution in [-0.4, -0.2) is 31.9 Å². The number of carbonyl (C=O) groups is 2. The molecule has 168 valence electrons. The molecule has 0 aliphatic heterocycles. The lowest BCUT2D eigenvalue weighted by molar-refractivity contribution is -0.452. The summed E-state index contributed by atoms with van der Waals surface area (Å²) in [5, 5.41) is 4.22. The van der Waals surface area contributed by atoms with E-state index < -0.39 is 12.1 Å². The fraction of sp³-hybridized carbons (Fsp3) is 0.417. The highest BCUT2D eigenvalue weighted by Gasteiger charge is 2.13. The van der Waals surface area contributed by atoms with Crippen LogP contribution in [0.4, 0.5) is 4.79 Å². The van der Waals surface area contributed by atoms with Crippen molar-refractivity contribution in [2.24, 2.45) is 5.92 Å². The van der Waals surface area contributed by atoms with E-state index in [1.165, 1.54) is 6.42 Å². The Morgan fingerprint density at radius 1 is 0.871 bits per heavy atom. The molecule has 2 rings (SSSR count). The quantitative estimate of drug-likeness (QED) is 0.173. The van der Waals surface area contributed by atoms with Crippen LogP contribution in [0.25, 0.3) is 11.1 Å². The Labute approximate surface area is 183 Å². The number of hydrogen-bond donors (Lipinski definition) is 0. The van der Waals surface area contributed by atoms with Gasteiger partial charge in [0.1, 0.15) is 6.61 Å². The zero-order valence-electron chi connectivity index (χ0n) is 18.1. The van der Waals surface area contributed by atoms with E-state index in [2.05, 4.69) is 28.7 Å². The Bertz CT molecular complexity index is 774. The number of benzene rings is 2. The zero-order valence-corrected chi connectivity index (χ0v) is 18.1. The Kier molecular flexibility index (Phi) is 11.1. The van der Waals surface area contributed by atoms with Crippen molar-refractivity contribution in [3.63, 3.8) is 0 Å². The lowest BCUT2D eigenvalue weighted by atomic mass is 10.0. The van der Waals surface area contributed by atoms with Crippen molar-refractivity contribution in [3.05, 3.63) is 60.2 Å². The van der Waals surface area contributed by atoms with E-state index in [0.717, 1.165) is 30.4 Å². The number of ether oxygens (including phenoxy) is 2. The predicted octanol–water partition coefficient (Wildman–Crippen LogP) is 5.74. The lowest BCUT2D eigenvalue weighted by Gasteiger charge is -2.14. The molecule has 0 spiro atoms. The first-order chi connectivity index (χ1) is 15.1. The molecule has 0 heterocycles. The maximum Gasteiger partial charge on any atom is 0.543 e. The molecule has 0 fully saturated rings. The summed E-state index contributed by atoms with van der Waals surface area (Å²) in [6.07, 6.45) is 3.41. The van der Waals surface area contributed by atoms with Gasteiger partial charge in [-0.2, -0.15) is 0 Å². The first kappa shape index (κ1) is 24.4. The van der Waals surface area contributed by atoms with Gasteiger partial charge in [0.05, 0.1) is 17.2 Å². The number of rotatable bonds is 13. The van der Waals surface area contributed by atoms with E-state index in [9.17, 15) is 9.59 Å². The summed E-state index contributed by atoms with van der Waals surface area (Å²) in [6.45, 7) is 5.19. The largest absolute Gasteiger partial charge is 0.543 e. The maximum absolute atomic E-state index is 11.9. The minimum Gasteiger partial charge on any atom is -0.430 e. The second kappa shape index (κ2) is 14.2. The standard InChI is InChI=1S/C24H30O7/c1-3-5-9-19(4-2)18-27-16-17-28-24(26)30-31-29-23(25)22-14-12-21(13-15-22)20-10-7-6-8-11-20/h6-8,10-15,19H,3-5,9,16-18H2,1-2H3. The molecule has 0 saturated carbocycles. The molecule has 0 aromatic heterocycles. The van der Waals surface area contributed by atoms with Crippen molar-refractivity contribution < 1.29 is 33.9 Å². The molecule has 1 atom stereocenters. The van der Waals surface area contributed by atoms with Gasteiger partial charge in [-0.1, -0.05) is 75.6 Å². The second-order valence-electron chi connectivity index (χ2n) is 7.06. The van der Waals surface area contributed by atoms with Crippen molar-refractivity contribution in [1.82, 2.24) is 0 Å². The normalized spacial score (nSPS) is 11.5. The van der Waals surface area contributed by atoms with Crippen LogP contribution >= 0.6 is 0 Å². The van der Waals surface area contributed by atoms with Crippen molar-refractivity contribution in [2.45, 2.75) is 39.5 Å². The smallest absolute Gasteiger partial charge is 0.430 e. The highest BCUT2D eigenvalue weighted by atomic mass is 17.5. The average molecular weight is 430 g/mol. The molecule has 0 saturated heterocycles. The highest BCUT2D eigenvalue weighted by Crippen LogP contribution is 2.19. The van der Waals surface area contributed by atoms with E-state index in [-0.39, 0.29) is 18.8 Å². The SMILES string of the molecule is CCCCC(CC)COCCOC(=O)OOOC(=O)c1ccc(-c2ccccc2)cc1. The maximum atomic E-state index is 11.9. The molecule has 2 aromatic carbocycles. The second-order valence-corrected chi connectivity index (χ2v) is 7.06. The predicted molar refractivity (Wildman–Crippen MR) is 115 cm³/mol. The molecule has 7 nitrogen and oxygen atoms in total. The van der Waals surface area contributed by atoms with Crippen LogP contribution in [0.5, 0.6) is 0 Å². The molecular weight excluding hydrogens is 400 g/mol. The summed E-state index contributed by atoms with van der Waals surface area (Å²) in [6, 6.07) is 16.5. The van der Waals surface area contributed by atoms with Gasteiger partial charge in [-0.25, -0.2) is 14.5 Å². The Balaban J connectivity index is 1.60. The van der Waals surface area contributed by atoms with Gasteiger partial charge >= 0.3 is 12.1 Å². The molecule has 1 unspecified atom stereocenters. The average Bonchev–Trinajstić information content (AvgIpc) is 2.81. The first-order valence-corrected chi connectivity index (χ1v) is 10.6. The highest BCUT2D eigenvalue weighted by molar-refractivity contribution is 5.89. The van der Waals surface area contributed by atoms with E-state index in [0.29, 0.717) is 12.5 Å². The molecule has 0 amide bonds. The van der Waals surface area contributed by atoms with Crippen molar-refractivity contribution in [3.8, 4) is 11.1 Å². The molecule has 7 heteroatoms. The van der Waals surface area contributed by atoms with Gasteiger partial charge in [0.25, 0.3) is 0 Å². The topological polar surface area (TPSA) is 80.3 Å².